The molecule has 5 heteroatoms. The van der Waals surface area contributed by atoms with Crippen LogP contribution in [-0.4, -0.2) is 23.2 Å². The summed E-state index contributed by atoms with van der Waals surface area (Å²) < 4.78 is 0. The first-order valence-corrected chi connectivity index (χ1v) is 9.79. The molecule has 0 atom stereocenters. The van der Waals surface area contributed by atoms with Crippen molar-refractivity contribution in [2.45, 2.75) is 24.2 Å². The summed E-state index contributed by atoms with van der Waals surface area (Å²) in [6, 6.07) is 16.0. The normalized spacial score (nSPS) is 10.9. The van der Waals surface area contributed by atoms with E-state index in [1.165, 1.54) is 15.8 Å². The molecule has 3 rings (SSSR count). The fraction of sp³-hybridized carbons (Fsp3) is 0.250. The lowest BCUT2D eigenvalue weighted by atomic mass is 10.1. The van der Waals surface area contributed by atoms with E-state index in [-0.39, 0.29) is 5.91 Å². The average Bonchev–Trinajstić information content (AvgIpc) is 3.04. The molecule has 0 saturated carbocycles. The molecule has 0 unspecified atom stereocenters. The molecule has 2 N–H and O–H groups in total. The highest BCUT2D eigenvalue weighted by atomic mass is 35.5. The zero-order chi connectivity index (χ0) is 17.5. The third kappa shape index (κ3) is 5.28. The van der Waals surface area contributed by atoms with Gasteiger partial charge in [0.15, 0.2) is 0 Å². The molecule has 3 nitrogen and oxygen atoms in total. The van der Waals surface area contributed by atoms with Crippen molar-refractivity contribution in [3.63, 3.8) is 0 Å². The summed E-state index contributed by atoms with van der Waals surface area (Å²) in [5.74, 6) is 1.05. The topological polar surface area (TPSA) is 44.9 Å². The predicted molar refractivity (Wildman–Crippen MR) is 106 cm³/mol. The number of hydrogen-bond acceptors (Lipinski definition) is 2. The largest absolute Gasteiger partial charge is 0.361 e. The van der Waals surface area contributed by atoms with Gasteiger partial charge in [0.25, 0.3) is 0 Å². The van der Waals surface area contributed by atoms with Gasteiger partial charge >= 0.3 is 0 Å². The van der Waals surface area contributed by atoms with E-state index < -0.39 is 0 Å². The van der Waals surface area contributed by atoms with Crippen molar-refractivity contribution in [2.75, 3.05) is 12.3 Å². The van der Waals surface area contributed by atoms with Gasteiger partial charge in [-0.1, -0.05) is 29.8 Å². The molecule has 0 aliphatic carbocycles. The molecular formula is C20H21ClN2OS. The second kappa shape index (κ2) is 8.97. The molecule has 0 saturated heterocycles. The van der Waals surface area contributed by atoms with Crippen LogP contribution in [0.1, 0.15) is 18.4 Å². The number of H-pyrrole nitrogens is 1. The van der Waals surface area contributed by atoms with Crippen LogP contribution in [0.2, 0.25) is 5.02 Å². The van der Waals surface area contributed by atoms with Crippen LogP contribution in [0, 0.1) is 0 Å². The van der Waals surface area contributed by atoms with E-state index in [4.69, 9.17) is 11.6 Å². The number of aromatic nitrogens is 1. The Kier molecular flexibility index (Phi) is 6.42. The van der Waals surface area contributed by atoms with Crippen LogP contribution in [0.5, 0.6) is 0 Å². The first-order chi connectivity index (χ1) is 12.2. The Bertz CT molecular complexity index is 829. The number of carbonyl (C=O) groups excluding carboxylic acids is 1. The maximum Gasteiger partial charge on any atom is 0.220 e. The molecule has 0 bridgehead atoms. The van der Waals surface area contributed by atoms with Crippen LogP contribution < -0.4 is 5.32 Å². The molecule has 2 aromatic carbocycles. The number of carbonyl (C=O) groups is 1. The zero-order valence-corrected chi connectivity index (χ0v) is 15.5. The van der Waals surface area contributed by atoms with Crippen LogP contribution in [-0.2, 0) is 11.2 Å². The molecule has 25 heavy (non-hydrogen) atoms. The van der Waals surface area contributed by atoms with Crippen molar-refractivity contribution in [1.82, 2.24) is 10.3 Å². The molecule has 0 radical (unpaired) electrons. The third-order valence-electron chi connectivity index (χ3n) is 4.02. The van der Waals surface area contributed by atoms with E-state index in [9.17, 15) is 4.79 Å². The van der Waals surface area contributed by atoms with E-state index in [2.05, 4.69) is 22.4 Å². The number of amides is 1. The molecule has 1 amide bonds. The number of aromatic amines is 1. The summed E-state index contributed by atoms with van der Waals surface area (Å²) in [6.45, 7) is 0.672. The maximum absolute atomic E-state index is 11.9. The predicted octanol–water partition coefficient (Wildman–Crippen LogP) is 5.05. The first-order valence-electron chi connectivity index (χ1n) is 8.42. The van der Waals surface area contributed by atoms with E-state index in [0.717, 1.165) is 29.1 Å². The standard InChI is InChI=1S/C20H21ClN2OS/c21-16-7-9-17(10-8-16)25-13-3-6-20(24)22-12-11-15-14-23-19-5-2-1-4-18(15)19/h1-2,4-5,7-10,14,23H,3,6,11-13H2,(H,22,24). The lowest BCUT2D eigenvalue weighted by Gasteiger charge is -2.05. The van der Waals surface area contributed by atoms with Gasteiger partial charge in [0, 0.05) is 40.0 Å². The van der Waals surface area contributed by atoms with Gasteiger partial charge in [-0.2, -0.15) is 0 Å². The maximum atomic E-state index is 11.9. The van der Waals surface area contributed by atoms with Gasteiger partial charge in [-0.05, 0) is 54.5 Å². The molecule has 0 fully saturated rings. The minimum absolute atomic E-state index is 0.122. The van der Waals surface area contributed by atoms with E-state index in [1.54, 1.807) is 11.8 Å². The van der Waals surface area contributed by atoms with Crippen LogP contribution in [0.25, 0.3) is 10.9 Å². The summed E-state index contributed by atoms with van der Waals surface area (Å²) in [7, 11) is 0. The molecule has 0 spiro atoms. The second-order valence-electron chi connectivity index (χ2n) is 5.87. The molecule has 1 aromatic heterocycles. The van der Waals surface area contributed by atoms with Gasteiger partial charge in [-0.25, -0.2) is 0 Å². The summed E-state index contributed by atoms with van der Waals surface area (Å²) in [4.78, 5) is 16.4. The quantitative estimate of drug-likeness (QED) is 0.429. The molecule has 0 aliphatic rings. The van der Waals surface area contributed by atoms with Gasteiger partial charge in [-0.3, -0.25) is 4.79 Å². The van der Waals surface area contributed by atoms with E-state index in [1.807, 2.05) is 42.6 Å². The van der Waals surface area contributed by atoms with Crippen molar-refractivity contribution in [3.8, 4) is 0 Å². The number of benzene rings is 2. The van der Waals surface area contributed by atoms with Crippen LogP contribution in [0.15, 0.2) is 59.6 Å². The van der Waals surface area contributed by atoms with Gasteiger partial charge in [0.2, 0.25) is 5.91 Å². The fourth-order valence-electron chi connectivity index (χ4n) is 2.72. The summed E-state index contributed by atoms with van der Waals surface area (Å²) in [6.07, 6.45) is 4.30. The molecule has 1 heterocycles. The molecule has 3 aromatic rings. The van der Waals surface area contributed by atoms with Crippen molar-refractivity contribution in [2.24, 2.45) is 0 Å². The number of para-hydroxylation sites is 1. The van der Waals surface area contributed by atoms with Crippen LogP contribution in [0.3, 0.4) is 0 Å². The van der Waals surface area contributed by atoms with E-state index >= 15 is 0 Å². The van der Waals surface area contributed by atoms with Crippen molar-refractivity contribution < 1.29 is 4.79 Å². The number of halogens is 1. The fourth-order valence-corrected chi connectivity index (χ4v) is 3.70. The lowest BCUT2D eigenvalue weighted by molar-refractivity contribution is -0.121. The highest BCUT2D eigenvalue weighted by Crippen LogP contribution is 2.21. The van der Waals surface area contributed by atoms with Gasteiger partial charge in [0.05, 0.1) is 0 Å². The Balaban J connectivity index is 1.33. The average molecular weight is 373 g/mol. The Hall–Kier alpha value is -1.91. The smallest absolute Gasteiger partial charge is 0.220 e. The molecular weight excluding hydrogens is 352 g/mol. The Morgan fingerprint density at radius 1 is 1.12 bits per heavy atom. The Labute approximate surface area is 157 Å². The Morgan fingerprint density at radius 3 is 2.76 bits per heavy atom. The number of rotatable bonds is 8. The zero-order valence-electron chi connectivity index (χ0n) is 13.9. The van der Waals surface area contributed by atoms with Crippen molar-refractivity contribution in [3.05, 3.63) is 65.3 Å². The van der Waals surface area contributed by atoms with Crippen LogP contribution >= 0.6 is 23.4 Å². The monoisotopic (exact) mass is 372 g/mol. The SMILES string of the molecule is O=C(CCCSc1ccc(Cl)cc1)NCCc1c[nH]c2ccccc12. The van der Waals surface area contributed by atoms with Gasteiger partial charge in [0.1, 0.15) is 0 Å². The summed E-state index contributed by atoms with van der Waals surface area (Å²) in [5.41, 5.74) is 2.39. The van der Waals surface area contributed by atoms with Crippen molar-refractivity contribution in [1.29, 1.82) is 0 Å². The third-order valence-corrected chi connectivity index (χ3v) is 5.37. The first kappa shape index (κ1) is 17.9. The van der Waals surface area contributed by atoms with E-state index in [0.29, 0.717) is 13.0 Å². The van der Waals surface area contributed by atoms with Gasteiger partial charge < -0.3 is 10.3 Å². The highest BCUT2D eigenvalue weighted by Gasteiger charge is 2.05. The Morgan fingerprint density at radius 2 is 1.92 bits per heavy atom. The molecule has 0 aliphatic heterocycles. The van der Waals surface area contributed by atoms with Crippen molar-refractivity contribution >= 4 is 40.2 Å². The number of hydrogen-bond donors (Lipinski definition) is 2. The van der Waals surface area contributed by atoms with Gasteiger partial charge in [-0.15, -0.1) is 11.8 Å². The molecule has 130 valence electrons. The number of thioether (sulfide) groups is 1. The number of nitrogens with one attached hydrogen (secondary N) is 2. The second-order valence-corrected chi connectivity index (χ2v) is 7.47. The minimum atomic E-state index is 0.122. The lowest BCUT2D eigenvalue weighted by Crippen LogP contribution is -2.25. The highest BCUT2D eigenvalue weighted by molar-refractivity contribution is 7.99. The number of fused-ring (bicyclic) bond motifs is 1. The van der Waals surface area contributed by atoms with Crippen LogP contribution in [0.4, 0.5) is 0 Å². The summed E-state index contributed by atoms with van der Waals surface area (Å²) >= 11 is 7.62. The minimum Gasteiger partial charge on any atom is -0.361 e. The summed E-state index contributed by atoms with van der Waals surface area (Å²) in [5, 5.41) is 4.99.